The Labute approximate surface area is 99.0 Å². The van der Waals surface area contributed by atoms with Crippen LogP contribution in [-0.4, -0.2) is 16.1 Å². The van der Waals surface area contributed by atoms with E-state index in [1.807, 2.05) is 13.0 Å². The second-order valence-corrected chi connectivity index (χ2v) is 3.86. The number of rotatable bonds is 3. The van der Waals surface area contributed by atoms with E-state index in [4.69, 9.17) is 5.73 Å². The Morgan fingerprint density at radius 1 is 1.53 bits per heavy atom. The van der Waals surface area contributed by atoms with Gasteiger partial charge < -0.3 is 11.1 Å². The predicted octanol–water partition coefficient (Wildman–Crippen LogP) is 1.23. The van der Waals surface area contributed by atoms with Crippen molar-refractivity contribution >= 4 is 11.6 Å². The Morgan fingerprint density at radius 2 is 2.35 bits per heavy atom. The zero-order valence-corrected chi connectivity index (χ0v) is 9.53. The van der Waals surface area contributed by atoms with E-state index in [1.54, 1.807) is 24.5 Å². The molecule has 0 saturated carbocycles. The Hall–Kier alpha value is -2.30. The summed E-state index contributed by atoms with van der Waals surface area (Å²) in [5.41, 5.74) is 8.84. The van der Waals surface area contributed by atoms with Crippen molar-refractivity contribution in [3.63, 3.8) is 0 Å². The molecular weight excluding hydrogens is 216 g/mol. The molecule has 0 radical (unpaired) electrons. The number of amides is 1. The minimum Gasteiger partial charge on any atom is -0.398 e. The average Bonchev–Trinajstić information content (AvgIpc) is 2.82. The minimum absolute atomic E-state index is 0.141. The van der Waals surface area contributed by atoms with Gasteiger partial charge in [0.15, 0.2) is 0 Å². The summed E-state index contributed by atoms with van der Waals surface area (Å²) in [5, 5.41) is 9.28. The number of aryl methyl sites for hydroxylation is 1. The largest absolute Gasteiger partial charge is 0.398 e. The van der Waals surface area contributed by atoms with E-state index < -0.39 is 0 Å². The lowest BCUT2D eigenvalue weighted by Crippen LogP contribution is -2.22. The number of carbonyl (C=O) groups excluding carboxylic acids is 1. The normalized spacial score (nSPS) is 10.2. The molecule has 2 aromatic rings. The quantitative estimate of drug-likeness (QED) is 0.693. The number of aromatic nitrogens is 2. The minimum atomic E-state index is -0.141. The van der Waals surface area contributed by atoms with Crippen molar-refractivity contribution < 1.29 is 4.79 Å². The first-order valence-electron chi connectivity index (χ1n) is 5.29. The highest BCUT2D eigenvalue weighted by molar-refractivity contribution is 5.95. The molecule has 0 fully saturated rings. The van der Waals surface area contributed by atoms with Crippen molar-refractivity contribution in [1.82, 2.24) is 15.5 Å². The van der Waals surface area contributed by atoms with Crippen molar-refractivity contribution in [3.05, 3.63) is 47.3 Å². The van der Waals surface area contributed by atoms with Crippen LogP contribution in [-0.2, 0) is 6.54 Å². The van der Waals surface area contributed by atoms with Crippen LogP contribution < -0.4 is 11.1 Å². The van der Waals surface area contributed by atoms with Crippen molar-refractivity contribution in [3.8, 4) is 0 Å². The van der Waals surface area contributed by atoms with E-state index in [-0.39, 0.29) is 5.91 Å². The number of nitrogen functional groups attached to an aromatic ring is 1. The highest BCUT2D eigenvalue weighted by Gasteiger charge is 2.06. The zero-order valence-electron chi connectivity index (χ0n) is 9.53. The van der Waals surface area contributed by atoms with Gasteiger partial charge in [0.25, 0.3) is 5.91 Å². The van der Waals surface area contributed by atoms with Gasteiger partial charge in [-0.1, -0.05) is 6.07 Å². The fourth-order valence-corrected chi connectivity index (χ4v) is 1.44. The molecule has 1 aromatic heterocycles. The third-order valence-corrected chi connectivity index (χ3v) is 2.55. The molecule has 0 saturated heterocycles. The summed E-state index contributed by atoms with van der Waals surface area (Å²) in [6, 6.07) is 5.28. The number of nitrogens with one attached hydrogen (secondary N) is 2. The van der Waals surface area contributed by atoms with E-state index in [9.17, 15) is 4.79 Å². The highest BCUT2D eigenvalue weighted by atomic mass is 16.1. The topological polar surface area (TPSA) is 83.8 Å². The Kier molecular flexibility index (Phi) is 3.09. The fraction of sp³-hybridized carbons (Fsp3) is 0.167. The lowest BCUT2D eigenvalue weighted by Gasteiger charge is -2.06. The summed E-state index contributed by atoms with van der Waals surface area (Å²) >= 11 is 0. The predicted molar refractivity (Wildman–Crippen MR) is 65.3 cm³/mol. The maximum Gasteiger partial charge on any atom is 0.251 e. The number of H-pyrrole nitrogens is 1. The van der Waals surface area contributed by atoms with Crippen molar-refractivity contribution in [2.24, 2.45) is 0 Å². The SMILES string of the molecule is Cc1ccc(C(=O)NCc2cn[nH]c2)cc1N. The van der Waals surface area contributed by atoms with E-state index in [2.05, 4.69) is 15.5 Å². The molecule has 4 N–H and O–H groups in total. The number of nitrogens with two attached hydrogens (primary N) is 1. The van der Waals surface area contributed by atoms with Crippen LogP contribution in [0.2, 0.25) is 0 Å². The molecule has 1 heterocycles. The summed E-state index contributed by atoms with van der Waals surface area (Å²) < 4.78 is 0. The second-order valence-electron chi connectivity index (χ2n) is 3.86. The molecule has 88 valence electrons. The van der Waals surface area contributed by atoms with Crippen LogP contribution in [0.25, 0.3) is 0 Å². The number of hydrogen-bond donors (Lipinski definition) is 3. The summed E-state index contributed by atoms with van der Waals surface area (Å²) in [4.78, 5) is 11.8. The maximum atomic E-state index is 11.8. The molecule has 1 aromatic carbocycles. The lowest BCUT2D eigenvalue weighted by atomic mass is 10.1. The first-order chi connectivity index (χ1) is 8.16. The number of carbonyl (C=O) groups is 1. The van der Waals surface area contributed by atoms with E-state index in [0.717, 1.165) is 11.1 Å². The van der Waals surface area contributed by atoms with E-state index >= 15 is 0 Å². The average molecular weight is 230 g/mol. The van der Waals surface area contributed by atoms with Gasteiger partial charge in [-0.2, -0.15) is 5.10 Å². The molecule has 0 aliphatic heterocycles. The standard InChI is InChI=1S/C12H14N4O/c1-8-2-3-10(4-11(8)13)12(17)14-5-9-6-15-16-7-9/h2-4,6-7H,5,13H2,1H3,(H,14,17)(H,15,16). The van der Waals surface area contributed by atoms with E-state index in [1.165, 1.54) is 0 Å². The van der Waals surface area contributed by atoms with Gasteiger partial charge in [0, 0.05) is 29.6 Å². The summed E-state index contributed by atoms with van der Waals surface area (Å²) in [6.07, 6.45) is 3.41. The number of nitrogens with zero attached hydrogens (tertiary/aromatic N) is 1. The second kappa shape index (κ2) is 4.69. The molecular formula is C12H14N4O. The molecule has 5 nitrogen and oxygen atoms in total. The Bertz CT molecular complexity index is 519. The third kappa shape index (κ3) is 2.63. The number of anilines is 1. The summed E-state index contributed by atoms with van der Waals surface area (Å²) in [7, 11) is 0. The third-order valence-electron chi connectivity index (χ3n) is 2.55. The first kappa shape index (κ1) is 11.2. The molecule has 0 aliphatic carbocycles. The van der Waals surface area contributed by atoms with Gasteiger partial charge in [-0.25, -0.2) is 0 Å². The molecule has 0 aliphatic rings. The summed E-state index contributed by atoms with van der Waals surface area (Å²) in [5.74, 6) is -0.141. The van der Waals surface area contributed by atoms with Crippen LogP contribution in [0.3, 0.4) is 0 Å². The van der Waals surface area contributed by atoms with Crippen LogP contribution in [0.4, 0.5) is 5.69 Å². The molecule has 17 heavy (non-hydrogen) atoms. The van der Waals surface area contributed by atoms with Crippen LogP contribution in [0.15, 0.2) is 30.6 Å². The van der Waals surface area contributed by atoms with Gasteiger partial charge >= 0.3 is 0 Å². The molecule has 1 amide bonds. The maximum absolute atomic E-state index is 11.8. The molecule has 2 rings (SSSR count). The van der Waals surface area contributed by atoms with Gasteiger partial charge in [-0.05, 0) is 24.6 Å². The van der Waals surface area contributed by atoms with Crippen molar-refractivity contribution in [2.45, 2.75) is 13.5 Å². The van der Waals surface area contributed by atoms with Crippen LogP contribution in [0.1, 0.15) is 21.5 Å². The zero-order chi connectivity index (χ0) is 12.3. The number of benzene rings is 1. The van der Waals surface area contributed by atoms with Gasteiger partial charge in [-0.3, -0.25) is 9.89 Å². The first-order valence-corrected chi connectivity index (χ1v) is 5.29. The Morgan fingerprint density at radius 3 is 3.00 bits per heavy atom. The lowest BCUT2D eigenvalue weighted by molar-refractivity contribution is 0.0951. The smallest absolute Gasteiger partial charge is 0.251 e. The number of aromatic amines is 1. The van der Waals surface area contributed by atoms with Crippen molar-refractivity contribution in [1.29, 1.82) is 0 Å². The van der Waals surface area contributed by atoms with Crippen molar-refractivity contribution in [2.75, 3.05) is 5.73 Å². The molecule has 0 spiro atoms. The molecule has 0 atom stereocenters. The Balaban J connectivity index is 2.02. The van der Waals surface area contributed by atoms with E-state index in [0.29, 0.717) is 17.8 Å². The number of hydrogen-bond acceptors (Lipinski definition) is 3. The van der Waals surface area contributed by atoms with Crippen LogP contribution >= 0.6 is 0 Å². The van der Waals surface area contributed by atoms with Crippen LogP contribution in [0, 0.1) is 6.92 Å². The van der Waals surface area contributed by atoms with Crippen LogP contribution in [0.5, 0.6) is 0 Å². The molecule has 0 unspecified atom stereocenters. The van der Waals surface area contributed by atoms with Gasteiger partial charge in [0.1, 0.15) is 0 Å². The van der Waals surface area contributed by atoms with Gasteiger partial charge in [-0.15, -0.1) is 0 Å². The summed E-state index contributed by atoms with van der Waals surface area (Å²) in [6.45, 7) is 2.35. The monoisotopic (exact) mass is 230 g/mol. The van der Waals surface area contributed by atoms with Gasteiger partial charge in [0.2, 0.25) is 0 Å². The molecule has 5 heteroatoms. The molecule has 0 bridgehead atoms. The van der Waals surface area contributed by atoms with Gasteiger partial charge in [0.05, 0.1) is 6.20 Å². The highest BCUT2D eigenvalue weighted by Crippen LogP contribution is 2.12. The fourth-order valence-electron chi connectivity index (χ4n) is 1.44.